The number of carbonyl (C=O) groups is 1. The van der Waals surface area contributed by atoms with E-state index in [9.17, 15) is 10.1 Å². The Morgan fingerprint density at radius 2 is 2.22 bits per heavy atom. The van der Waals surface area contributed by atoms with Gasteiger partial charge in [0.15, 0.2) is 0 Å². The van der Waals surface area contributed by atoms with Gasteiger partial charge in [-0.2, -0.15) is 5.26 Å². The van der Waals surface area contributed by atoms with Crippen LogP contribution in [-0.4, -0.2) is 19.1 Å². The summed E-state index contributed by atoms with van der Waals surface area (Å²) < 4.78 is 5.15. The first kappa shape index (κ1) is 11.2. The molecule has 0 bridgehead atoms. The van der Waals surface area contributed by atoms with Gasteiger partial charge in [-0.25, -0.2) is 0 Å². The number of fused-ring (bicyclic) bond motifs is 1. The second-order valence-electron chi connectivity index (χ2n) is 5.10. The number of carbonyl (C=O) groups excluding carboxylic acids is 1. The highest BCUT2D eigenvalue weighted by Crippen LogP contribution is 2.32. The molecule has 2 aliphatic heterocycles. The van der Waals surface area contributed by atoms with E-state index in [1.165, 1.54) is 5.56 Å². The Morgan fingerprint density at radius 3 is 2.89 bits per heavy atom. The van der Waals surface area contributed by atoms with Gasteiger partial charge in [0.2, 0.25) is 5.91 Å². The van der Waals surface area contributed by atoms with Crippen molar-refractivity contribution in [3.63, 3.8) is 0 Å². The van der Waals surface area contributed by atoms with Crippen molar-refractivity contribution in [1.29, 1.82) is 5.26 Å². The van der Waals surface area contributed by atoms with Crippen molar-refractivity contribution in [3.05, 3.63) is 29.3 Å². The van der Waals surface area contributed by atoms with Gasteiger partial charge in [-0.1, -0.05) is 12.1 Å². The molecule has 0 aliphatic carbocycles. The molecule has 2 heterocycles. The van der Waals surface area contributed by atoms with Crippen molar-refractivity contribution in [1.82, 2.24) is 0 Å². The number of nitriles is 1. The molecular weight excluding hydrogens is 228 g/mol. The van der Waals surface area contributed by atoms with Crippen LogP contribution in [0.15, 0.2) is 18.2 Å². The fraction of sp³-hybridized carbons (Fsp3) is 0.429. The van der Waals surface area contributed by atoms with Gasteiger partial charge >= 0.3 is 0 Å². The first-order chi connectivity index (χ1) is 8.71. The lowest BCUT2D eigenvalue weighted by Gasteiger charge is -2.35. The van der Waals surface area contributed by atoms with Crippen molar-refractivity contribution < 1.29 is 9.53 Å². The lowest BCUT2D eigenvalue weighted by molar-refractivity contribution is -0.116. The maximum absolute atomic E-state index is 11.3. The predicted molar refractivity (Wildman–Crippen MR) is 66.0 cm³/mol. The Morgan fingerprint density at radius 1 is 1.39 bits per heavy atom. The lowest BCUT2D eigenvalue weighted by atomic mass is 9.81. The number of aryl methyl sites for hydroxylation is 1. The summed E-state index contributed by atoms with van der Waals surface area (Å²) in [5.74, 6) is 0.0798. The molecule has 4 heteroatoms. The van der Waals surface area contributed by atoms with Gasteiger partial charge in [0, 0.05) is 12.1 Å². The second-order valence-corrected chi connectivity index (χ2v) is 5.10. The van der Waals surface area contributed by atoms with Crippen LogP contribution in [0.1, 0.15) is 17.5 Å². The summed E-state index contributed by atoms with van der Waals surface area (Å²) in [6.45, 7) is 1.05. The van der Waals surface area contributed by atoms with Crippen LogP contribution < -0.4 is 5.32 Å². The molecule has 1 fully saturated rings. The SMILES string of the molecule is N#CC1(Cc2ccc3c(c2)CCC(=O)N3)COC1. The van der Waals surface area contributed by atoms with Crippen molar-refractivity contribution in [2.75, 3.05) is 18.5 Å². The number of rotatable bonds is 2. The van der Waals surface area contributed by atoms with E-state index in [-0.39, 0.29) is 11.3 Å². The highest BCUT2D eigenvalue weighted by molar-refractivity contribution is 5.93. The number of hydrogen-bond donors (Lipinski definition) is 1. The quantitative estimate of drug-likeness (QED) is 0.857. The largest absolute Gasteiger partial charge is 0.378 e. The van der Waals surface area contributed by atoms with Crippen LogP contribution in [0.3, 0.4) is 0 Å². The minimum Gasteiger partial charge on any atom is -0.378 e. The Bertz CT molecular complexity index is 541. The molecule has 1 amide bonds. The summed E-state index contributed by atoms with van der Waals surface area (Å²) in [5.41, 5.74) is 2.88. The molecule has 2 aliphatic rings. The number of ether oxygens (including phenoxy) is 1. The van der Waals surface area contributed by atoms with E-state index in [4.69, 9.17) is 4.74 Å². The number of nitrogens with one attached hydrogen (secondary N) is 1. The number of anilines is 1. The maximum atomic E-state index is 11.3. The molecule has 3 rings (SSSR count). The van der Waals surface area contributed by atoms with Crippen LogP contribution in [-0.2, 0) is 22.4 Å². The highest BCUT2D eigenvalue weighted by atomic mass is 16.5. The Hall–Kier alpha value is -1.86. The minimum absolute atomic E-state index is 0.0798. The number of hydrogen-bond acceptors (Lipinski definition) is 3. The molecule has 18 heavy (non-hydrogen) atoms. The van der Waals surface area contributed by atoms with Gasteiger partial charge in [0.1, 0.15) is 5.41 Å². The lowest BCUT2D eigenvalue weighted by Crippen LogP contribution is -2.43. The fourth-order valence-electron chi connectivity index (χ4n) is 2.49. The first-order valence-corrected chi connectivity index (χ1v) is 6.11. The third kappa shape index (κ3) is 1.87. The summed E-state index contributed by atoms with van der Waals surface area (Å²) in [5, 5.41) is 12.0. The number of benzene rings is 1. The molecule has 0 aromatic heterocycles. The topological polar surface area (TPSA) is 62.1 Å². The van der Waals surface area contributed by atoms with Crippen molar-refractivity contribution in [2.24, 2.45) is 5.41 Å². The molecule has 1 aromatic rings. The highest BCUT2D eigenvalue weighted by Gasteiger charge is 2.39. The van der Waals surface area contributed by atoms with Gasteiger partial charge in [-0.05, 0) is 30.0 Å². The van der Waals surface area contributed by atoms with Crippen LogP contribution in [0, 0.1) is 16.7 Å². The molecule has 1 aromatic carbocycles. The van der Waals surface area contributed by atoms with Gasteiger partial charge in [0.25, 0.3) is 0 Å². The molecule has 0 atom stereocenters. The van der Waals surface area contributed by atoms with Crippen molar-refractivity contribution >= 4 is 11.6 Å². The van der Waals surface area contributed by atoms with E-state index >= 15 is 0 Å². The number of amides is 1. The van der Waals surface area contributed by atoms with E-state index in [0.29, 0.717) is 19.6 Å². The fourth-order valence-corrected chi connectivity index (χ4v) is 2.49. The standard InChI is InChI=1S/C14H14N2O2/c15-7-14(8-18-9-14)6-10-1-3-12-11(5-10)2-4-13(17)16-12/h1,3,5H,2,4,6,8-9H2,(H,16,17). The average Bonchev–Trinajstić information content (AvgIpc) is 2.34. The zero-order valence-electron chi connectivity index (χ0n) is 10.0. The monoisotopic (exact) mass is 242 g/mol. The van der Waals surface area contributed by atoms with E-state index in [1.807, 2.05) is 12.1 Å². The zero-order valence-corrected chi connectivity index (χ0v) is 10.0. The Kier molecular flexibility index (Phi) is 2.57. The summed E-state index contributed by atoms with van der Waals surface area (Å²) >= 11 is 0. The number of nitrogens with zero attached hydrogens (tertiary/aromatic N) is 1. The summed E-state index contributed by atoms with van der Waals surface area (Å²) in [6.07, 6.45) is 2.05. The molecule has 1 N–H and O–H groups in total. The molecule has 4 nitrogen and oxygen atoms in total. The normalized spacial score (nSPS) is 20.3. The molecule has 0 radical (unpaired) electrons. The smallest absolute Gasteiger partial charge is 0.224 e. The summed E-state index contributed by atoms with van der Waals surface area (Å²) in [4.78, 5) is 11.3. The Balaban J connectivity index is 1.83. The molecule has 1 saturated heterocycles. The molecular formula is C14H14N2O2. The van der Waals surface area contributed by atoms with Crippen molar-refractivity contribution in [2.45, 2.75) is 19.3 Å². The molecule has 0 unspecified atom stereocenters. The van der Waals surface area contributed by atoms with E-state index in [2.05, 4.69) is 17.5 Å². The zero-order chi connectivity index (χ0) is 12.6. The van der Waals surface area contributed by atoms with E-state index in [1.54, 1.807) is 0 Å². The molecule has 92 valence electrons. The van der Waals surface area contributed by atoms with E-state index < -0.39 is 0 Å². The summed E-state index contributed by atoms with van der Waals surface area (Å²) in [7, 11) is 0. The summed E-state index contributed by atoms with van der Waals surface area (Å²) in [6, 6.07) is 8.38. The van der Waals surface area contributed by atoms with Crippen molar-refractivity contribution in [3.8, 4) is 6.07 Å². The van der Waals surface area contributed by atoms with Gasteiger partial charge in [-0.15, -0.1) is 0 Å². The average molecular weight is 242 g/mol. The van der Waals surface area contributed by atoms with Gasteiger partial charge in [-0.3, -0.25) is 4.79 Å². The second kappa shape index (κ2) is 4.11. The minimum atomic E-state index is -0.341. The van der Waals surface area contributed by atoms with Crippen LogP contribution in [0.4, 0.5) is 5.69 Å². The van der Waals surface area contributed by atoms with Gasteiger partial charge < -0.3 is 10.1 Å². The van der Waals surface area contributed by atoms with Crippen LogP contribution in [0.5, 0.6) is 0 Å². The van der Waals surface area contributed by atoms with Crippen LogP contribution in [0.25, 0.3) is 0 Å². The first-order valence-electron chi connectivity index (χ1n) is 6.11. The van der Waals surface area contributed by atoms with Gasteiger partial charge in [0.05, 0.1) is 19.3 Å². The molecule has 0 saturated carbocycles. The van der Waals surface area contributed by atoms with Crippen LogP contribution >= 0.6 is 0 Å². The van der Waals surface area contributed by atoms with Crippen LogP contribution in [0.2, 0.25) is 0 Å². The van der Waals surface area contributed by atoms with E-state index in [0.717, 1.165) is 24.1 Å². The third-order valence-electron chi connectivity index (χ3n) is 3.60. The maximum Gasteiger partial charge on any atom is 0.224 e. The third-order valence-corrected chi connectivity index (χ3v) is 3.60. The molecule has 0 spiro atoms. The predicted octanol–water partition coefficient (Wildman–Crippen LogP) is 1.65. The Labute approximate surface area is 106 Å².